The SMILES string of the molecule is O=C(CNCCCCC(F)(F)F)Nc1ccccc1. The average Bonchev–Trinajstić information content (AvgIpc) is 2.33. The zero-order valence-corrected chi connectivity index (χ0v) is 10.5. The van der Waals surface area contributed by atoms with Crippen LogP contribution in [0.5, 0.6) is 0 Å². The van der Waals surface area contributed by atoms with Crippen molar-refractivity contribution >= 4 is 11.6 Å². The quantitative estimate of drug-likeness (QED) is 0.751. The van der Waals surface area contributed by atoms with Crippen molar-refractivity contribution < 1.29 is 18.0 Å². The van der Waals surface area contributed by atoms with Crippen LogP contribution in [0.4, 0.5) is 18.9 Å². The van der Waals surface area contributed by atoms with E-state index in [2.05, 4.69) is 10.6 Å². The van der Waals surface area contributed by atoms with Gasteiger partial charge in [-0.2, -0.15) is 13.2 Å². The Hall–Kier alpha value is -1.56. The van der Waals surface area contributed by atoms with E-state index in [1.807, 2.05) is 6.07 Å². The number of benzene rings is 1. The maximum atomic E-state index is 11.9. The van der Waals surface area contributed by atoms with Crippen LogP contribution >= 0.6 is 0 Å². The van der Waals surface area contributed by atoms with Gasteiger partial charge in [-0.15, -0.1) is 0 Å². The maximum absolute atomic E-state index is 11.9. The van der Waals surface area contributed by atoms with Gasteiger partial charge in [0, 0.05) is 12.1 Å². The predicted molar refractivity (Wildman–Crippen MR) is 67.8 cm³/mol. The molecule has 106 valence electrons. The average molecular weight is 274 g/mol. The molecule has 0 aliphatic rings. The Kier molecular flexibility index (Phi) is 6.35. The van der Waals surface area contributed by atoms with E-state index >= 15 is 0 Å². The number of hydrogen-bond donors (Lipinski definition) is 2. The molecule has 0 atom stereocenters. The van der Waals surface area contributed by atoms with Crippen LogP contribution in [0, 0.1) is 0 Å². The molecule has 0 heterocycles. The van der Waals surface area contributed by atoms with Gasteiger partial charge in [0.25, 0.3) is 0 Å². The number of hydrogen-bond acceptors (Lipinski definition) is 2. The van der Waals surface area contributed by atoms with Crippen LogP contribution in [-0.4, -0.2) is 25.2 Å². The summed E-state index contributed by atoms with van der Waals surface area (Å²) in [6.07, 6.45) is -4.38. The van der Waals surface area contributed by atoms with E-state index in [0.717, 1.165) is 0 Å². The molecule has 1 rings (SSSR count). The summed E-state index contributed by atoms with van der Waals surface area (Å²) in [5.74, 6) is -0.206. The number of nitrogens with one attached hydrogen (secondary N) is 2. The van der Waals surface area contributed by atoms with Crippen molar-refractivity contribution in [2.24, 2.45) is 0 Å². The van der Waals surface area contributed by atoms with E-state index in [0.29, 0.717) is 18.7 Å². The van der Waals surface area contributed by atoms with Gasteiger partial charge in [0.1, 0.15) is 0 Å². The Labute approximate surface area is 110 Å². The second-order valence-corrected chi connectivity index (χ2v) is 4.16. The third-order valence-corrected chi connectivity index (χ3v) is 2.41. The number of carbonyl (C=O) groups is 1. The molecule has 0 saturated heterocycles. The van der Waals surface area contributed by atoms with Crippen LogP contribution in [0.1, 0.15) is 19.3 Å². The molecule has 19 heavy (non-hydrogen) atoms. The van der Waals surface area contributed by atoms with Gasteiger partial charge in [0.15, 0.2) is 0 Å². The van der Waals surface area contributed by atoms with Gasteiger partial charge < -0.3 is 10.6 Å². The second-order valence-electron chi connectivity index (χ2n) is 4.16. The fourth-order valence-electron chi connectivity index (χ4n) is 1.50. The Morgan fingerprint density at radius 3 is 2.42 bits per heavy atom. The molecule has 1 amide bonds. The van der Waals surface area contributed by atoms with Crippen LogP contribution in [-0.2, 0) is 4.79 Å². The second kappa shape index (κ2) is 7.78. The van der Waals surface area contributed by atoms with Crippen molar-refractivity contribution in [1.29, 1.82) is 0 Å². The highest BCUT2D eigenvalue weighted by atomic mass is 19.4. The minimum absolute atomic E-state index is 0.0802. The highest BCUT2D eigenvalue weighted by molar-refractivity contribution is 5.92. The normalized spacial score (nSPS) is 11.3. The number of carbonyl (C=O) groups excluding carboxylic acids is 1. The minimum Gasteiger partial charge on any atom is -0.325 e. The Morgan fingerprint density at radius 2 is 1.79 bits per heavy atom. The van der Waals surface area contributed by atoms with Crippen LogP contribution in [0.2, 0.25) is 0 Å². The molecule has 0 spiro atoms. The molecular formula is C13H17F3N2O. The van der Waals surface area contributed by atoms with E-state index < -0.39 is 12.6 Å². The summed E-state index contributed by atoms with van der Waals surface area (Å²) in [6.45, 7) is 0.499. The van der Waals surface area contributed by atoms with Gasteiger partial charge in [-0.05, 0) is 31.5 Å². The first-order valence-corrected chi connectivity index (χ1v) is 6.10. The van der Waals surface area contributed by atoms with Crippen LogP contribution in [0.25, 0.3) is 0 Å². The fraction of sp³-hybridized carbons (Fsp3) is 0.462. The summed E-state index contributed by atoms with van der Waals surface area (Å²) in [5, 5.41) is 5.49. The van der Waals surface area contributed by atoms with E-state index in [1.165, 1.54) is 0 Å². The Morgan fingerprint density at radius 1 is 1.11 bits per heavy atom. The number of alkyl halides is 3. The van der Waals surface area contributed by atoms with E-state index in [9.17, 15) is 18.0 Å². The zero-order chi connectivity index (χ0) is 14.1. The highest BCUT2D eigenvalue weighted by Crippen LogP contribution is 2.21. The van der Waals surface area contributed by atoms with Crippen LogP contribution in [0.3, 0.4) is 0 Å². The number of rotatable bonds is 7. The topological polar surface area (TPSA) is 41.1 Å². The van der Waals surface area contributed by atoms with Crippen molar-refractivity contribution in [3.8, 4) is 0 Å². The summed E-state index contributed by atoms with van der Waals surface area (Å²) in [6, 6.07) is 8.98. The number of para-hydroxylation sites is 1. The summed E-state index contributed by atoms with van der Waals surface area (Å²) >= 11 is 0. The number of unbranched alkanes of at least 4 members (excludes halogenated alkanes) is 1. The highest BCUT2D eigenvalue weighted by Gasteiger charge is 2.25. The number of anilines is 1. The lowest BCUT2D eigenvalue weighted by Gasteiger charge is -2.07. The van der Waals surface area contributed by atoms with Crippen molar-refractivity contribution in [1.82, 2.24) is 5.32 Å². The smallest absolute Gasteiger partial charge is 0.325 e. The molecule has 0 bridgehead atoms. The van der Waals surface area contributed by atoms with Gasteiger partial charge in [0.05, 0.1) is 6.54 Å². The van der Waals surface area contributed by atoms with E-state index in [4.69, 9.17) is 0 Å². The monoisotopic (exact) mass is 274 g/mol. The molecule has 1 aromatic rings. The van der Waals surface area contributed by atoms with Gasteiger partial charge in [0.2, 0.25) is 5.91 Å². The van der Waals surface area contributed by atoms with E-state index in [1.54, 1.807) is 24.3 Å². The van der Waals surface area contributed by atoms with Gasteiger partial charge in [-0.1, -0.05) is 18.2 Å². The standard InChI is InChI=1S/C13H17F3N2O/c14-13(15,16)8-4-5-9-17-10-12(19)18-11-6-2-1-3-7-11/h1-3,6-7,17H,4-5,8-10H2,(H,18,19). The molecule has 0 unspecified atom stereocenters. The van der Waals surface area contributed by atoms with Gasteiger partial charge >= 0.3 is 6.18 Å². The lowest BCUT2D eigenvalue weighted by atomic mass is 10.2. The Balaban J connectivity index is 2.05. The molecule has 1 aromatic carbocycles. The molecule has 6 heteroatoms. The third kappa shape index (κ3) is 8.20. The Bertz CT molecular complexity index is 379. The zero-order valence-electron chi connectivity index (χ0n) is 10.5. The van der Waals surface area contributed by atoms with Crippen molar-refractivity contribution in [3.63, 3.8) is 0 Å². The first kappa shape index (κ1) is 15.5. The molecule has 0 aromatic heterocycles. The summed E-state index contributed by atoms with van der Waals surface area (Å²) in [5.41, 5.74) is 0.700. The predicted octanol–water partition coefficient (Wildman–Crippen LogP) is 2.95. The lowest BCUT2D eigenvalue weighted by molar-refractivity contribution is -0.135. The maximum Gasteiger partial charge on any atom is 0.389 e. The van der Waals surface area contributed by atoms with Crippen LogP contribution in [0.15, 0.2) is 30.3 Å². The molecule has 3 nitrogen and oxygen atoms in total. The first-order valence-electron chi connectivity index (χ1n) is 6.10. The summed E-state index contributed by atoms with van der Waals surface area (Å²) in [7, 11) is 0. The molecular weight excluding hydrogens is 257 g/mol. The van der Waals surface area contributed by atoms with Gasteiger partial charge in [-0.25, -0.2) is 0 Å². The molecule has 0 aliphatic carbocycles. The number of halogens is 3. The van der Waals surface area contributed by atoms with Crippen molar-refractivity contribution in [2.45, 2.75) is 25.4 Å². The lowest BCUT2D eigenvalue weighted by Crippen LogP contribution is -2.28. The summed E-state index contributed by atoms with van der Waals surface area (Å²) < 4.78 is 35.6. The molecule has 2 N–H and O–H groups in total. The molecule has 0 aliphatic heterocycles. The van der Waals surface area contributed by atoms with Crippen molar-refractivity contribution in [3.05, 3.63) is 30.3 Å². The first-order chi connectivity index (χ1) is 8.97. The fourth-order valence-corrected chi connectivity index (χ4v) is 1.50. The third-order valence-electron chi connectivity index (χ3n) is 2.41. The van der Waals surface area contributed by atoms with E-state index in [-0.39, 0.29) is 18.9 Å². The largest absolute Gasteiger partial charge is 0.389 e. The molecule has 0 saturated carbocycles. The number of amides is 1. The van der Waals surface area contributed by atoms with Gasteiger partial charge in [-0.3, -0.25) is 4.79 Å². The van der Waals surface area contributed by atoms with Crippen LogP contribution < -0.4 is 10.6 Å². The van der Waals surface area contributed by atoms with Crippen molar-refractivity contribution in [2.75, 3.05) is 18.4 Å². The molecule has 0 radical (unpaired) electrons. The molecule has 0 fully saturated rings. The minimum atomic E-state index is -4.09. The summed E-state index contributed by atoms with van der Waals surface area (Å²) in [4.78, 5) is 11.5.